The molecule has 0 atom stereocenters. The van der Waals surface area contributed by atoms with Gasteiger partial charge in [0.05, 0.1) is 12.6 Å². The molecular formula is C15H22N2O4S. The summed E-state index contributed by atoms with van der Waals surface area (Å²) in [5, 5.41) is 0. The Bertz CT molecular complexity index is 542. The minimum absolute atomic E-state index is 0.236. The third-order valence-corrected chi connectivity index (χ3v) is 4.48. The second kappa shape index (κ2) is 6.64. The molecule has 0 spiro atoms. The number of hydrogen-bond donors (Lipinski definition) is 0. The summed E-state index contributed by atoms with van der Waals surface area (Å²) in [4.78, 5) is 30.5. The van der Waals surface area contributed by atoms with Gasteiger partial charge >= 0.3 is 12.1 Å². The summed E-state index contributed by atoms with van der Waals surface area (Å²) < 4.78 is 10.1. The van der Waals surface area contributed by atoms with Gasteiger partial charge in [0.25, 0.3) is 0 Å². The number of likely N-dealkylation sites (tertiary alicyclic amines) is 1. The minimum atomic E-state index is -0.482. The molecule has 0 aliphatic carbocycles. The molecule has 22 heavy (non-hydrogen) atoms. The minimum Gasteiger partial charge on any atom is -0.464 e. The fourth-order valence-electron chi connectivity index (χ4n) is 2.45. The Balaban J connectivity index is 1.97. The van der Waals surface area contributed by atoms with Crippen molar-refractivity contribution < 1.29 is 19.1 Å². The van der Waals surface area contributed by atoms with Crippen LogP contribution in [-0.2, 0) is 9.47 Å². The van der Waals surface area contributed by atoms with E-state index in [1.807, 2.05) is 20.8 Å². The van der Waals surface area contributed by atoms with Gasteiger partial charge in [-0.15, -0.1) is 11.3 Å². The molecule has 1 aromatic heterocycles. The van der Waals surface area contributed by atoms with Gasteiger partial charge in [-0.05, 0) is 39.5 Å². The number of methoxy groups -OCH3 is 1. The first-order valence-corrected chi connectivity index (χ1v) is 8.19. The second-order valence-corrected chi connectivity index (χ2v) is 7.18. The number of thiazole rings is 1. The van der Waals surface area contributed by atoms with Crippen LogP contribution in [-0.4, -0.2) is 47.7 Å². The number of piperidine rings is 1. The van der Waals surface area contributed by atoms with Crippen molar-refractivity contribution in [3.63, 3.8) is 0 Å². The van der Waals surface area contributed by atoms with Crippen LogP contribution in [0, 0.1) is 0 Å². The SMILES string of the molecule is COC(=O)c1ncsc1C1CCN(C(=O)OC(C)(C)C)CC1. The lowest BCUT2D eigenvalue weighted by Gasteiger charge is -2.33. The van der Waals surface area contributed by atoms with Crippen molar-refractivity contribution in [1.82, 2.24) is 9.88 Å². The fraction of sp³-hybridized carbons (Fsp3) is 0.667. The van der Waals surface area contributed by atoms with Crippen LogP contribution in [0.15, 0.2) is 5.51 Å². The van der Waals surface area contributed by atoms with Gasteiger partial charge < -0.3 is 14.4 Å². The lowest BCUT2D eigenvalue weighted by atomic mass is 9.94. The third-order valence-electron chi connectivity index (χ3n) is 3.49. The largest absolute Gasteiger partial charge is 0.464 e. The van der Waals surface area contributed by atoms with Gasteiger partial charge in [-0.1, -0.05) is 0 Å². The van der Waals surface area contributed by atoms with Crippen LogP contribution < -0.4 is 0 Å². The van der Waals surface area contributed by atoms with Crippen LogP contribution in [0.1, 0.15) is 54.9 Å². The number of carbonyl (C=O) groups is 2. The van der Waals surface area contributed by atoms with E-state index in [4.69, 9.17) is 9.47 Å². The molecule has 0 aromatic carbocycles. The first-order chi connectivity index (χ1) is 10.3. The summed E-state index contributed by atoms with van der Waals surface area (Å²) in [5.41, 5.74) is 1.59. The molecule has 0 N–H and O–H groups in total. The molecule has 7 heteroatoms. The lowest BCUT2D eigenvalue weighted by molar-refractivity contribution is 0.0204. The van der Waals surface area contributed by atoms with Crippen molar-refractivity contribution in [3.8, 4) is 0 Å². The molecule has 2 heterocycles. The van der Waals surface area contributed by atoms with E-state index in [-0.39, 0.29) is 12.0 Å². The molecule has 6 nitrogen and oxygen atoms in total. The van der Waals surface area contributed by atoms with Gasteiger partial charge in [0.2, 0.25) is 0 Å². The van der Waals surface area contributed by atoms with Crippen molar-refractivity contribution in [2.75, 3.05) is 20.2 Å². The number of rotatable bonds is 2. The van der Waals surface area contributed by atoms with E-state index in [1.165, 1.54) is 18.4 Å². The molecule has 1 aliphatic heterocycles. The Hall–Kier alpha value is -1.63. The number of amides is 1. The number of aromatic nitrogens is 1. The zero-order chi connectivity index (χ0) is 16.3. The summed E-state index contributed by atoms with van der Waals surface area (Å²) in [6.07, 6.45) is 1.32. The molecule has 1 amide bonds. The number of nitrogens with zero attached hydrogens (tertiary/aromatic N) is 2. The van der Waals surface area contributed by atoms with E-state index in [1.54, 1.807) is 10.4 Å². The Morgan fingerprint density at radius 1 is 1.32 bits per heavy atom. The van der Waals surface area contributed by atoms with E-state index < -0.39 is 11.6 Å². The van der Waals surface area contributed by atoms with Crippen LogP contribution in [0.2, 0.25) is 0 Å². The summed E-state index contributed by atoms with van der Waals surface area (Å²) in [6.45, 7) is 6.82. The van der Waals surface area contributed by atoms with Crippen LogP contribution in [0.5, 0.6) is 0 Å². The number of carbonyl (C=O) groups excluding carboxylic acids is 2. The van der Waals surface area contributed by atoms with Crippen molar-refractivity contribution >= 4 is 23.4 Å². The number of esters is 1. The Labute approximate surface area is 134 Å². The molecule has 0 bridgehead atoms. The first-order valence-electron chi connectivity index (χ1n) is 7.31. The van der Waals surface area contributed by atoms with Gasteiger partial charge in [0.1, 0.15) is 5.60 Å². The predicted molar refractivity (Wildman–Crippen MR) is 83.2 cm³/mol. The standard InChI is InChI=1S/C15H22N2O4S/c1-15(2,3)21-14(19)17-7-5-10(6-8-17)12-11(13(18)20-4)16-9-22-12/h9-10H,5-8H2,1-4H3. The van der Waals surface area contributed by atoms with Gasteiger partial charge in [-0.25, -0.2) is 14.6 Å². The van der Waals surface area contributed by atoms with Gasteiger partial charge in [0, 0.05) is 18.0 Å². The van der Waals surface area contributed by atoms with Crippen molar-refractivity contribution in [3.05, 3.63) is 16.1 Å². The second-order valence-electron chi connectivity index (χ2n) is 6.30. The van der Waals surface area contributed by atoms with E-state index in [0.717, 1.165) is 17.7 Å². The lowest BCUT2D eigenvalue weighted by Crippen LogP contribution is -2.41. The van der Waals surface area contributed by atoms with E-state index in [9.17, 15) is 9.59 Å². The van der Waals surface area contributed by atoms with Crippen LogP contribution in [0.4, 0.5) is 4.79 Å². The highest BCUT2D eigenvalue weighted by molar-refractivity contribution is 7.10. The van der Waals surface area contributed by atoms with Crippen molar-refractivity contribution in [2.45, 2.75) is 45.1 Å². The first kappa shape index (κ1) is 16.7. The molecule has 122 valence electrons. The summed E-state index contributed by atoms with van der Waals surface area (Å²) in [7, 11) is 1.36. The monoisotopic (exact) mass is 326 g/mol. The third kappa shape index (κ3) is 3.97. The maximum absolute atomic E-state index is 12.0. The Morgan fingerprint density at radius 2 is 1.95 bits per heavy atom. The number of hydrogen-bond acceptors (Lipinski definition) is 6. The summed E-state index contributed by atoms with van der Waals surface area (Å²) in [5.74, 6) is -0.161. The van der Waals surface area contributed by atoms with Gasteiger partial charge in [0.15, 0.2) is 5.69 Å². The Morgan fingerprint density at radius 3 is 2.50 bits per heavy atom. The Kier molecular flexibility index (Phi) is 5.05. The average molecular weight is 326 g/mol. The number of ether oxygens (including phenoxy) is 2. The van der Waals surface area contributed by atoms with Crippen LogP contribution in [0.25, 0.3) is 0 Å². The molecule has 1 fully saturated rings. The zero-order valence-electron chi connectivity index (χ0n) is 13.4. The van der Waals surface area contributed by atoms with Gasteiger partial charge in [-0.3, -0.25) is 0 Å². The summed E-state index contributed by atoms with van der Waals surface area (Å²) >= 11 is 1.47. The highest BCUT2D eigenvalue weighted by Gasteiger charge is 2.30. The molecule has 2 rings (SSSR count). The fourth-order valence-corrected chi connectivity index (χ4v) is 3.39. The van der Waals surface area contributed by atoms with Gasteiger partial charge in [-0.2, -0.15) is 0 Å². The van der Waals surface area contributed by atoms with Crippen LogP contribution >= 0.6 is 11.3 Å². The quantitative estimate of drug-likeness (QED) is 0.781. The maximum Gasteiger partial charge on any atom is 0.410 e. The topological polar surface area (TPSA) is 68.7 Å². The van der Waals surface area contributed by atoms with Crippen molar-refractivity contribution in [1.29, 1.82) is 0 Å². The van der Waals surface area contributed by atoms with Crippen LogP contribution in [0.3, 0.4) is 0 Å². The molecule has 1 aromatic rings. The average Bonchev–Trinajstić information content (AvgIpc) is 2.94. The smallest absolute Gasteiger partial charge is 0.410 e. The molecule has 0 unspecified atom stereocenters. The molecule has 1 aliphatic rings. The molecular weight excluding hydrogens is 304 g/mol. The normalized spacial score (nSPS) is 16.5. The van der Waals surface area contributed by atoms with Crippen molar-refractivity contribution in [2.24, 2.45) is 0 Å². The molecule has 0 radical (unpaired) electrons. The molecule has 1 saturated heterocycles. The van der Waals surface area contributed by atoms with E-state index in [2.05, 4.69) is 4.98 Å². The highest BCUT2D eigenvalue weighted by atomic mass is 32.1. The zero-order valence-corrected chi connectivity index (χ0v) is 14.2. The molecule has 0 saturated carbocycles. The van der Waals surface area contributed by atoms with E-state index in [0.29, 0.717) is 18.8 Å². The summed E-state index contributed by atoms with van der Waals surface area (Å²) in [6, 6.07) is 0. The highest BCUT2D eigenvalue weighted by Crippen LogP contribution is 2.33. The maximum atomic E-state index is 12.0. The van der Waals surface area contributed by atoms with E-state index >= 15 is 0 Å². The predicted octanol–water partition coefficient (Wildman–Crippen LogP) is 3.04.